The number of nitrogens with zero attached hydrogens (tertiary/aromatic N) is 1. The third-order valence-corrected chi connectivity index (χ3v) is 1.75. The van der Waals surface area contributed by atoms with Gasteiger partial charge in [-0.05, 0) is 6.42 Å². The van der Waals surface area contributed by atoms with Crippen molar-refractivity contribution in [2.24, 2.45) is 5.73 Å². The van der Waals surface area contributed by atoms with Gasteiger partial charge in [0.15, 0.2) is 0 Å². The molecule has 0 saturated carbocycles. The summed E-state index contributed by atoms with van der Waals surface area (Å²) in [5.74, 6) is 0.675. The molecule has 1 aliphatic heterocycles. The second-order valence-electron chi connectivity index (χ2n) is 2.62. The number of nitrogens with one attached hydrogen (secondary N) is 1. The van der Waals surface area contributed by atoms with E-state index in [0.717, 1.165) is 19.4 Å². The first-order valence-corrected chi connectivity index (χ1v) is 3.24. The van der Waals surface area contributed by atoms with Crippen LogP contribution < -0.4 is 5.73 Å². The van der Waals surface area contributed by atoms with E-state index in [1.165, 1.54) is 0 Å². The first-order chi connectivity index (χ1) is 4.20. The second kappa shape index (κ2) is 2.35. The van der Waals surface area contributed by atoms with Gasteiger partial charge in [0.1, 0.15) is 0 Å². The molecule has 0 aromatic heterocycles. The average molecular weight is 127 g/mol. The van der Waals surface area contributed by atoms with Crippen LogP contribution in [0, 0.1) is 5.41 Å². The van der Waals surface area contributed by atoms with Gasteiger partial charge in [-0.15, -0.1) is 0 Å². The summed E-state index contributed by atoms with van der Waals surface area (Å²) >= 11 is 0. The van der Waals surface area contributed by atoms with Gasteiger partial charge in [0.2, 0.25) is 0 Å². The number of piperidine rings is 1. The van der Waals surface area contributed by atoms with Crippen LogP contribution >= 0.6 is 0 Å². The first kappa shape index (κ1) is 6.55. The van der Waals surface area contributed by atoms with Gasteiger partial charge in [-0.1, -0.05) is 0 Å². The summed E-state index contributed by atoms with van der Waals surface area (Å²) in [5.41, 5.74) is 5.62. The molecule has 0 aliphatic carbocycles. The molecule has 52 valence electrons. The van der Waals surface area contributed by atoms with Crippen molar-refractivity contribution in [1.82, 2.24) is 4.90 Å². The number of hydrogen-bond donors (Lipinski definition) is 2. The molecule has 1 aliphatic rings. The van der Waals surface area contributed by atoms with E-state index in [1.807, 2.05) is 11.9 Å². The highest BCUT2D eigenvalue weighted by Crippen LogP contribution is 2.06. The molecule has 0 bridgehead atoms. The fourth-order valence-corrected chi connectivity index (χ4v) is 1.00. The minimum Gasteiger partial charge on any atom is -0.364 e. The van der Waals surface area contributed by atoms with Gasteiger partial charge in [-0.3, -0.25) is 5.41 Å². The molecular formula is C6H13N3. The first-order valence-electron chi connectivity index (χ1n) is 3.24. The molecule has 3 nitrogen and oxygen atoms in total. The maximum Gasteiger partial charge on any atom is 0.0970 e. The van der Waals surface area contributed by atoms with E-state index in [2.05, 4.69) is 0 Å². The van der Waals surface area contributed by atoms with E-state index in [0.29, 0.717) is 5.84 Å². The average Bonchev–Trinajstić information content (AvgIpc) is 1.80. The summed E-state index contributed by atoms with van der Waals surface area (Å²) in [6.07, 6.45) is 1.77. The van der Waals surface area contributed by atoms with E-state index in [1.54, 1.807) is 0 Å². The molecule has 0 aromatic rings. The van der Waals surface area contributed by atoms with Crippen molar-refractivity contribution in [1.29, 1.82) is 5.41 Å². The zero-order valence-corrected chi connectivity index (χ0v) is 5.72. The molecule has 3 heteroatoms. The van der Waals surface area contributed by atoms with Crippen molar-refractivity contribution in [3.63, 3.8) is 0 Å². The standard InChI is InChI=1S/C6H13N3/c1-9-3-2-5(7)4-6(9)8/h5,8H,2-4,7H2,1H3. The largest absolute Gasteiger partial charge is 0.364 e. The fraction of sp³-hybridized carbons (Fsp3) is 0.833. The SMILES string of the molecule is CN1CCC(N)CC1=N. The Kier molecular flexibility index (Phi) is 1.71. The topological polar surface area (TPSA) is 53.1 Å². The zero-order chi connectivity index (χ0) is 6.85. The Hall–Kier alpha value is -0.570. The monoisotopic (exact) mass is 127 g/mol. The van der Waals surface area contributed by atoms with Crippen molar-refractivity contribution in [2.75, 3.05) is 13.6 Å². The molecule has 0 aromatic carbocycles. The van der Waals surface area contributed by atoms with E-state index in [4.69, 9.17) is 11.1 Å². The lowest BCUT2D eigenvalue weighted by Gasteiger charge is -2.28. The number of rotatable bonds is 0. The van der Waals surface area contributed by atoms with Crippen LogP contribution in [-0.4, -0.2) is 30.4 Å². The number of nitrogens with two attached hydrogens (primary N) is 1. The van der Waals surface area contributed by atoms with Gasteiger partial charge < -0.3 is 10.6 Å². The highest BCUT2D eigenvalue weighted by atomic mass is 15.1. The van der Waals surface area contributed by atoms with E-state index >= 15 is 0 Å². The Bertz CT molecular complexity index is 121. The van der Waals surface area contributed by atoms with Gasteiger partial charge in [-0.2, -0.15) is 0 Å². The lowest BCUT2D eigenvalue weighted by molar-refractivity contribution is 0.400. The Balaban J connectivity index is 2.44. The summed E-state index contributed by atoms with van der Waals surface area (Å²) in [5, 5.41) is 7.37. The van der Waals surface area contributed by atoms with Crippen molar-refractivity contribution in [3.8, 4) is 0 Å². The molecule has 0 spiro atoms. The van der Waals surface area contributed by atoms with Crippen molar-refractivity contribution >= 4 is 5.84 Å². The summed E-state index contributed by atoms with van der Waals surface area (Å²) in [6, 6.07) is 0.230. The Morgan fingerprint density at radius 2 is 2.44 bits per heavy atom. The molecule has 3 N–H and O–H groups in total. The van der Waals surface area contributed by atoms with E-state index in [9.17, 15) is 0 Å². The van der Waals surface area contributed by atoms with Crippen LogP contribution in [-0.2, 0) is 0 Å². The Labute approximate surface area is 55.3 Å². The fourth-order valence-electron chi connectivity index (χ4n) is 1.00. The molecule has 1 rings (SSSR count). The minimum absolute atomic E-state index is 0.230. The Morgan fingerprint density at radius 3 is 2.89 bits per heavy atom. The summed E-state index contributed by atoms with van der Waals surface area (Å²) in [6.45, 7) is 0.944. The quantitative estimate of drug-likeness (QED) is 0.482. The van der Waals surface area contributed by atoms with Gasteiger partial charge >= 0.3 is 0 Å². The summed E-state index contributed by atoms with van der Waals surface area (Å²) in [4.78, 5) is 1.95. The molecule has 0 amide bonds. The lowest BCUT2D eigenvalue weighted by atomic mass is 10.1. The molecule has 1 heterocycles. The second-order valence-corrected chi connectivity index (χ2v) is 2.62. The smallest absolute Gasteiger partial charge is 0.0970 e. The molecule has 0 radical (unpaired) electrons. The number of amidine groups is 1. The number of hydrogen-bond acceptors (Lipinski definition) is 2. The predicted octanol–water partition coefficient (Wildman–Crippen LogP) is 0.0166. The van der Waals surface area contributed by atoms with Gasteiger partial charge in [0.05, 0.1) is 5.84 Å². The van der Waals surface area contributed by atoms with Crippen LogP contribution in [0.2, 0.25) is 0 Å². The third-order valence-electron chi connectivity index (χ3n) is 1.75. The predicted molar refractivity (Wildman–Crippen MR) is 37.6 cm³/mol. The highest BCUT2D eigenvalue weighted by Gasteiger charge is 2.16. The van der Waals surface area contributed by atoms with Crippen LogP contribution in [0.3, 0.4) is 0 Å². The van der Waals surface area contributed by atoms with Crippen molar-refractivity contribution in [2.45, 2.75) is 18.9 Å². The number of likely N-dealkylation sites (tertiary alicyclic amines) is 1. The molecule has 9 heavy (non-hydrogen) atoms. The minimum atomic E-state index is 0.230. The lowest BCUT2D eigenvalue weighted by Crippen LogP contribution is -2.41. The third kappa shape index (κ3) is 1.42. The molecule has 1 unspecified atom stereocenters. The van der Waals surface area contributed by atoms with Crippen LogP contribution in [0.5, 0.6) is 0 Å². The maximum atomic E-state index is 7.37. The van der Waals surface area contributed by atoms with Gasteiger partial charge in [-0.25, -0.2) is 0 Å². The summed E-state index contributed by atoms with van der Waals surface area (Å²) < 4.78 is 0. The van der Waals surface area contributed by atoms with Gasteiger partial charge in [0.25, 0.3) is 0 Å². The van der Waals surface area contributed by atoms with Crippen LogP contribution in [0.25, 0.3) is 0 Å². The normalized spacial score (nSPS) is 28.9. The van der Waals surface area contributed by atoms with E-state index in [-0.39, 0.29) is 6.04 Å². The molecular weight excluding hydrogens is 114 g/mol. The van der Waals surface area contributed by atoms with Crippen molar-refractivity contribution < 1.29 is 0 Å². The zero-order valence-electron chi connectivity index (χ0n) is 5.72. The molecule has 1 fully saturated rings. The van der Waals surface area contributed by atoms with Crippen LogP contribution in [0.1, 0.15) is 12.8 Å². The molecule has 1 saturated heterocycles. The van der Waals surface area contributed by atoms with Crippen LogP contribution in [0.15, 0.2) is 0 Å². The van der Waals surface area contributed by atoms with Gasteiger partial charge in [0, 0.05) is 26.1 Å². The van der Waals surface area contributed by atoms with Crippen LogP contribution in [0.4, 0.5) is 0 Å². The van der Waals surface area contributed by atoms with Crippen molar-refractivity contribution in [3.05, 3.63) is 0 Å². The summed E-state index contributed by atoms with van der Waals surface area (Å²) in [7, 11) is 1.94. The Morgan fingerprint density at radius 1 is 1.78 bits per heavy atom. The maximum absolute atomic E-state index is 7.37. The highest BCUT2D eigenvalue weighted by molar-refractivity contribution is 5.80. The van der Waals surface area contributed by atoms with E-state index < -0.39 is 0 Å². The molecule has 1 atom stereocenters.